The Bertz CT molecular complexity index is 1270. The van der Waals surface area contributed by atoms with Gasteiger partial charge < -0.3 is 14.8 Å². The number of hydrogen-bond acceptors (Lipinski definition) is 6. The summed E-state index contributed by atoms with van der Waals surface area (Å²) in [7, 11) is 3.20. The second-order valence-corrected chi connectivity index (χ2v) is 8.29. The fourth-order valence-corrected chi connectivity index (χ4v) is 4.54. The van der Waals surface area contributed by atoms with Crippen molar-refractivity contribution in [3.63, 3.8) is 0 Å². The second-order valence-electron chi connectivity index (χ2n) is 7.40. The lowest BCUT2D eigenvalue weighted by molar-refractivity contribution is 0.0937. The zero-order chi connectivity index (χ0) is 22.7. The third-order valence-electron chi connectivity index (χ3n) is 5.29. The molecule has 2 aromatic heterocycles. The van der Waals surface area contributed by atoms with E-state index in [2.05, 4.69) is 10.3 Å². The first-order chi connectivity index (χ1) is 15.5. The molecule has 0 aliphatic carbocycles. The number of benzene rings is 2. The van der Waals surface area contributed by atoms with Crippen molar-refractivity contribution in [2.75, 3.05) is 14.2 Å². The number of fused-ring (bicyclic) bond motifs is 1. The molecule has 0 aliphatic heterocycles. The second kappa shape index (κ2) is 9.36. The summed E-state index contributed by atoms with van der Waals surface area (Å²) in [5.41, 5.74) is 3.82. The van der Waals surface area contributed by atoms with Crippen molar-refractivity contribution >= 4 is 28.1 Å². The third kappa shape index (κ3) is 4.29. The summed E-state index contributed by atoms with van der Waals surface area (Å²) in [6, 6.07) is 15.0. The van der Waals surface area contributed by atoms with Crippen molar-refractivity contribution in [3.05, 3.63) is 70.2 Å². The van der Waals surface area contributed by atoms with Gasteiger partial charge in [0.2, 0.25) is 0 Å². The number of ether oxygens (including phenoxy) is 2. The normalized spacial score (nSPS) is 11.9. The van der Waals surface area contributed by atoms with Gasteiger partial charge in [0.25, 0.3) is 5.91 Å². The van der Waals surface area contributed by atoms with Crippen LogP contribution < -0.4 is 14.8 Å². The number of methoxy groups -OCH3 is 2. The van der Waals surface area contributed by atoms with Crippen LogP contribution in [0.2, 0.25) is 0 Å². The molecule has 1 unspecified atom stereocenters. The molecule has 0 aliphatic rings. The number of amides is 1. The molecule has 4 aromatic rings. The third-order valence-corrected chi connectivity index (χ3v) is 6.36. The van der Waals surface area contributed by atoms with Gasteiger partial charge in [-0.2, -0.15) is 0 Å². The van der Waals surface area contributed by atoms with Crippen molar-refractivity contribution in [2.45, 2.75) is 26.3 Å². The first-order valence-electron chi connectivity index (χ1n) is 10.4. The highest BCUT2D eigenvalue weighted by Gasteiger charge is 2.20. The molecule has 0 spiro atoms. The molecule has 6 nitrogen and oxygen atoms in total. The van der Waals surface area contributed by atoms with Crippen LogP contribution in [-0.4, -0.2) is 30.1 Å². The molecule has 0 saturated heterocycles. The summed E-state index contributed by atoms with van der Waals surface area (Å²) in [6.45, 7) is 4.00. The monoisotopic (exact) mass is 447 g/mol. The number of pyridine rings is 1. The van der Waals surface area contributed by atoms with E-state index in [4.69, 9.17) is 14.5 Å². The van der Waals surface area contributed by atoms with E-state index in [0.717, 1.165) is 33.6 Å². The molecule has 2 heterocycles. The number of thiazole rings is 1. The fourth-order valence-electron chi connectivity index (χ4n) is 3.61. The van der Waals surface area contributed by atoms with Gasteiger partial charge in [-0.05, 0) is 43.7 Å². The van der Waals surface area contributed by atoms with E-state index in [1.54, 1.807) is 25.6 Å². The smallest absolute Gasteiger partial charge is 0.252 e. The number of nitrogens with one attached hydrogen (secondary N) is 1. The maximum absolute atomic E-state index is 13.4. The molecule has 0 saturated carbocycles. The lowest BCUT2D eigenvalue weighted by atomic mass is 10.0. The van der Waals surface area contributed by atoms with Crippen molar-refractivity contribution in [2.24, 2.45) is 0 Å². The molecule has 1 atom stereocenters. The largest absolute Gasteiger partial charge is 0.493 e. The minimum absolute atomic E-state index is 0.141. The molecule has 0 bridgehead atoms. The Balaban J connectivity index is 1.76. The van der Waals surface area contributed by atoms with Gasteiger partial charge in [-0.15, -0.1) is 11.3 Å². The van der Waals surface area contributed by atoms with Crippen molar-refractivity contribution < 1.29 is 14.3 Å². The molecule has 0 fully saturated rings. The lowest BCUT2D eigenvalue weighted by Gasteiger charge is -2.16. The Morgan fingerprint density at radius 3 is 2.53 bits per heavy atom. The summed E-state index contributed by atoms with van der Waals surface area (Å²) in [5, 5.41) is 6.88. The number of carbonyl (C=O) groups is 1. The summed E-state index contributed by atoms with van der Waals surface area (Å²) in [5.74, 6) is 1.10. The van der Waals surface area contributed by atoms with E-state index in [1.165, 1.54) is 0 Å². The molecule has 1 N–H and O–H groups in total. The minimum atomic E-state index is -0.148. The number of hydrogen-bond donors (Lipinski definition) is 1. The van der Waals surface area contributed by atoms with Crippen molar-refractivity contribution in [3.8, 4) is 22.8 Å². The van der Waals surface area contributed by atoms with Gasteiger partial charge in [0, 0.05) is 22.0 Å². The van der Waals surface area contributed by atoms with Crippen LogP contribution >= 0.6 is 11.3 Å². The highest BCUT2D eigenvalue weighted by Crippen LogP contribution is 2.33. The summed E-state index contributed by atoms with van der Waals surface area (Å²) < 4.78 is 10.8. The summed E-state index contributed by atoms with van der Waals surface area (Å²) in [4.78, 5) is 22.8. The van der Waals surface area contributed by atoms with E-state index in [0.29, 0.717) is 22.8 Å². The molecule has 7 heteroatoms. The Morgan fingerprint density at radius 2 is 1.84 bits per heavy atom. The number of rotatable bonds is 7. The standard InChI is InChI=1S/C25H25N3O3S/c1-5-19(25-26-15(2)14-32-25)28-24(29)18-13-21(27-20-9-7-6-8-17(18)20)16-10-11-22(30-3)23(12-16)31-4/h6-14,19H,5H2,1-4H3,(H,28,29). The number of para-hydroxylation sites is 1. The van der Waals surface area contributed by atoms with Gasteiger partial charge in [-0.1, -0.05) is 25.1 Å². The van der Waals surface area contributed by atoms with E-state index in [-0.39, 0.29) is 11.9 Å². The average Bonchev–Trinajstić information content (AvgIpc) is 3.27. The van der Waals surface area contributed by atoms with Crippen LogP contribution in [0.4, 0.5) is 0 Å². The zero-order valence-electron chi connectivity index (χ0n) is 18.5. The van der Waals surface area contributed by atoms with Crippen LogP contribution in [0.3, 0.4) is 0 Å². The van der Waals surface area contributed by atoms with Crippen LogP contribution in [0.5, 0.6) is 11.5 Å². The molecule has 164 valence electrons. The van der Waals surface area contributed by atoms with Crippen LogP contribution in [0.25, 0.3) is 22.2 Å². The number of aryl methyl sites for hydroxylation is 1. The number of carbonyl (C=O) groups excluding carboxylic acids is 1. The van der Waals surface area contributed by atoms with Gasteiger partial charge in [0.1, 0.15) is 5.01 Å². The minimum Gasteiger partial charge on any atom is -0.493 e. The van der Waals surface area contributed by atoms with Gasteiger partial charge >= 0.3 is 0 Å². The number of aromatic nitrogens is 2. The van der Waals surface area contributed by atoms with E-state index in [1.807, 2.05) is 67.8 Å². The van der Waals surface area contributed by atoms with Gasteiger partial charge in [-0.3, -0.25) is 4.79 Å². The highest BCUT2D eigenvalue weighted by atomic mass is 32.1. The molecule has 32 heavy (non-hydrogen) atoms. The van der Waals surface area contributed by atoms with Gasteiger partial charge in [-0.25, -0.2) is 9.97 Å². The fraction of sp³-hybridized carbons (Fsp3) is 0.240. The molecule has 0 radical (unpaired) electrons. The van der Waals surface area contributed by atoms with Crippen LogP contribution in [-0.2, 0) is 0 Å². The summed E-state index contributed by atoms with van der Waals surface area (Å²) in [6.07, 6.45) is 0.754. The maximum Gasteiger partial charge on any atom is 0.252 e. The first kappa shape index (κ1) is 21.8. The van der Waals surface area contributed by atoms with Crippen molar-refractivity contribution in [1.82, 2.24) is 15.3 Å². The average molecular weight is 448 g/mol. The molecular formula is C25H25N3O3S. The van der Waals surface area contributed by atoms with Crippen LogP contribution in [0, 0.1) is 6.92 Å². The Labute approximate surface area is 191 Å². The van der Waals surface area contributed by atoms with E-state index in [9.17, 15) is 4.79 Å². The predicted octanol–water partition coefficient (Wildman–Crippen LogP) is 5.57. The van der Waals surface area contributed by atoms with Crippen molar-refractivity contribution in [1.29, 1.82) is 0 Å². The molecule has 4 rings (SSSR count). The molecular weight excluding hydrogens is 422 g/mol. The number of nitrogens with zero attached hydrogens (tertiary/aromatic N) is 2. The Hall–Kier alpha value is -3.45. The predicted molar refractivity (Wildman–Crippen MR) is 128 cm³/mol. The summed E-state index contributed by atoms with van der Waals surface area (Å²) >= 11 is 1.57. The molecule has 1 amide bonds. The zero-order valence-corrected chi connectivity index (χ0v) is 19.3. The maximum atomic E-state index is 13.4. The Kier molecular flexibility index (Phi) is 6.37. The lowest BCUT2D eigenvalue weighted by Crippen LogP contribution is -2.28. The van der Waals surface area contributed by atoms with Crippen LogP contribution in [0.1, 0.15) is 40.4 Å². The molecule has 2 aromatic carbocycles. The quantitative estimate of drug-likeness (QED) is 0.401. The topological polar surface area (TPSA) is 73.3 Å². The highest BCUT2D eigenvalue weighted by molar-refractivity contribution is 7.09. The Morgan fingerprint density at radius 1 is 1.06 bits per heavy atom. The van der Waals surface area contributed by atoms with Gasteiger partial charge in [0.05, 0.1) is 37.0 Å². The SMILES string of the molecule is CCC(NC(=O)c1cc(-c2ccc(OC)c(OC)c2)nc2ccccc12)c1nc(C)cs1. The first-order valence-corrected chi connectivity index (χ1v) is 11.3. The van der Waals surface area contributed by atoms with E-state index < -0.39 is 0 Å². The van der Waals surface area contributed by atoms with Crippen LogP contribution in [0.15, 0.2) is 53.9 Å². The van der Waals surface area contributed by atoms with Gasteiger partial charge in [0.15, 0.2) is 11.5 Å². The van der Waals surface area contributed by atoms with E-state index >= 15 is 0 Å².